The molecule has 2 atom stereocenters. The molecule has 174 valence electrons. The second-order valence-corrected chi connectivity index (χ2v) is 7.54. The molecule has 1 unspecified atom stereocenters. The van der Waals surface area contributed by atoms with Crippen LogP contribution in [0.5, 0.6) is 5.75 Å². The summed E-state index contributed by atoms with van der Waals surface area (Å²) in [6.45, 7) is 0.491. The van der Waals surface area contributed by atoms with Gasteiger partial charge in [-0.2, -0.15) is 0 Å². The van der Waals surface area contributed by atoms with Gasteiger partial charge in [0.2, 0.25) is 17.7 Å². The van der Waals surface area contributed by atoms with Crippen LogP contribution in [0.25, 0.3) is 0 Å². The molecule has 0 aliphatic carbocycles. The second-order valence-electron chi connectivity index (χ2n) is 7.11. The number of hydrogen-bond acceptors (Lipinski definition) is 6. The molecule has 1 aliphatic heterocycles. The normalized spacial score (nSPS) is 17.1. The summed E-state index contributed by atoms with van der Waals surface area (Å²) in [5.74, 6) is -3.36. The molecule has 12 heteroatoms. The van der Waals surface area contributed by atoms with Crippen LogP contribution >= 0.6 is 11.6 Å². The lowest BCUT2D eigenvalue weighted by molar-refractivity contribution is -0.138. The van der Waals surface area contributed by atoms with Crippen LogP contribution in [0.4, 0.5) is 4.79 Å². The third kappa shape index (κ3) is 6.58. The van der Waals surface area contributed by atoms with E-state index in [4.69, 9.17) is 21.4 Å². The third-order valence-electron chi connectivity index (χ3n) is 4.85. The summed E-state index contributed by atoms with van der Waals surface area (Å²) in [5.41, 5.74) is 0.634. The standard InChI is InChI=1S/C20H25ClN4O7/c1-3-14(18(29)23-9-17(27)28)24-20(31)25-10-16(26)22-8-12(19(25)30)6-11-7-13(21)4-5-15(11)32-2/h4-5,7,12,14H,3,6,8-10H2,1-2H3,(H,22,26)(H,23,29)(H,24,31)(H,27,28)/t12?,14-/m1/s1. The molecule has 4 N–H and O–H groups in total. The average Bonchev–Trinajstić information content (AvgIpc) is 2.89. The van der Waals surface area contributed by atoms with E-state index in [-0.39, 0.29) is 19.4 Å². The molecule has 1 aromatic rings. The van der Waals surface area contributed by atoms with Crippen molar-refractivity contribution in [1.29, 1.82) is 0 Å². The predicted octanol–water partition coefficient (Wildman–Crippen LogP) is 0.155. The first-order valence-corrected chi connectivity index (χ1v) is 10.2. The van der Waals surface area contributed by atoms with Crippen LogP contribution < -0.4 is 20.7 Å². The summed E-state index contributed by atoms with van der Waals surface area (Å²) in [5, 5.41) is 16.3. The van der Waals surface area contributed by atoms with E-state index in [9.17, 15) is 24.0 Å². The molecule has 0 saturated carbocycles. The van der Waals surface area contributed by atoms with E-state index in [2.05, 4.69) is 16.0 Å². The second kappa shape index (κ2) is 11.3. The number of carbonyl (C=O) groups excluding carboxylic acids is 4. The van der Waals surface area contributed by atoms with E-state index in [1.165, 1.54) is 7.11 Å². The van der Waals surface area contributed by atoms with Gasteiger partial charge in [-0.25, -0.2) is 4.79 Å². The van der Waals surface area contributed by atoms with Crippen molar-refractivity contribution in [3.63, 3.8) is 0 Å². The SMILES string of the molecule is CC[C@@H](NC(=O)N1CC(=O)NCC(Cc2cc(Cl)ccc2OC)C1=O)C(=O)NCC(=O)O. The maximum absolute atomic E-state index is 13.1. The van der Waals surface area contributed by atoms with E-state index >= 15 is 0 Å². The maximum atomic E-state index is 13.1. The Kier molecular flexibility index (Phi) is 8.82. The van der Waals surface area contributed by atoms with Gasteiger partial charge in [-0.3, -0.25) is 24.1 Å². The monoisotopic (exact) mass is 468 g/mol. The van der Waals surface area contributed by atoms with Crippen LogP contribution in [0, 0.1) is 5.92 Å². The molecule has 11 nitrogen and oxygen atoms in total. The predicted molar refractivity (Wildman–Crippen MR) is 113 cm³/mol. The molecule has 5 amide bonds. The Morgan fingerprint density at radius 1 is 1.34 bits per heavy atom. The number of imide groups is 1. The minimum atomic E-state index is -1.24. The van der Waals surface area contributed by atoms with Gasteiger partial charge in [0, 0.05) is 11.6 Å². The Labute approximate surface area is 189 Å². The van der Waals surface area contributed by atoms with E-state index in [1.807, 2.05) is 0 Å². The summed E-state index contributed by atoms with van der Waals surface area (Å²) in [4.78, 5) is 61.5. The fourth-order valence-corrected chi connectivity index (χ4v) is 3.39. The summed E-state index contributed by atoms with van der Waals surface area (Å²) in [6.07, 6.45) is 0.303. The quantitative estimate of drug-likeness (QED) is 0.423. The average molecular weight is 469 g/mol. The Hall–Kier alpha value is -3.34. The number of carboxylic acid groups (broad SMARTS) is 1. The lowest BCUT2D eigenvalue weighted by atomic mass is 9.97. The van der Waals surface area contributed by atoms with Gasteiger partial charge in [0.15, 0.2) is 0 Å². The highest BCUT2D eigenvalue weighted by atomic mass is 35.5. The van der Waals surface area contributed by atoms with Gasteiger partial charge in [0.1, 0.15) is 24.9 Å². The van der Waals surface area contributed by atoms with Crippen LogP contribution in [-0.4, -0.2) is 72.5 Å². The van der Waals surface area contributed by atoms with E-state index < -0.39 is 54.8 Å². The number of hydrogen-bond donors (Lipinski definition) is 4. The van der Waals surface area contributed by atoms with Crippen LogP contribution in [0.2, 0.25) is 5.02 Å². The van der Waals surface area contributed by atoms with Gasteiger partial charge in [-0.1, -0.05) is 18.5 Å². The first kappa shape index (κ1) is 24.9. The third-order valence-corrected chi connectivity index (χ3v) is 5.09. The molecule has 1 aromatic carbocycles. The number of methoxy groups -OCH3 is 1. The van der Waals surface area contributed by atoms with Crippen molar-refractivity contribution in [3.8, 4) is 5.75 Å². The number of amides is 5. The molecule has 1 saturated heterocycles. The van der Waals surface area contributed by atoms with Crippen molar-refractivity contribution in [2.24, 2.45) is 5.92 Å². The first-order valence-electron chi connectivity index (χ1n) is 9.86. The number of benzene rings is 1. The summed E-state index contributed by atoms with van der Waals surface area (Å²) in [7, 11) is 1.48. The molecule has 0 radical (unpaired) electrons. The molecule has 0 aromatic heterocycles. The Bertz CT molecular complexity index is 908. The van der Waals surface area contributed by atoms with Gasteiger partial charge >= 0.3 is 12.0 Å². The molecular formula is C20H25ClN4O7. The zero-order valence-corrected chi connectivity index (χ0v) is 18.4. The highest BCUT2D eigenvalue weighted by molar-refractivity contribution is 6.30. The van der Waals surface area contributed by atoms with Gasteiger partial charge < -0.3 is 25.8 Å². The van der Waals surface area contributed by atoms with Crippen LogP contribution in [0.3, 0.4) is 0 Å². The highest BCUT2D eigenvalue weighted by Crippen LogP contribution is 2.26. The van der Waals surface area contributed by atoms with Crippen molar-refractivity contribution in [3.05, 3.63) is 28.8 Å². The number of nitrogens with one attached hydrogen (secondary N) is 3. The molecule has 1 aliphatic rings. The highest BCUT2D eigenvalue weighted by Gasteiger charge is 2.35. The van der Waals surface area contributed by atoms with Crippen molar-refractivity contribution in [2.75, 3.05) is 26.7 Å². The summed E-state index contributed by atoms with van der Waals surface area (Å²) in [6, 6.07) is 2.94. The number of nitrogens with zero attached hydrogens (tertiary/aromatic N) is 1. The molecule has 2 rings (SSSR count). The van der Waals surface area contributed by atoms with Crippen molar-refractivity contribution < 1.29 is 33.8 Å². The maximum Gasteiger partial charge on any atom is 0.325 e. The zero-order valence-electron chi connectivity index (χ0n) is 17.6. The number of urea groups is 1. The largest absolute Gasteiger partial charge is 0.496 e. The Morgan fingerprint density at radius 3 is 2.69 bits per heavy atom. The molecule has 0 spiro atoms. The van der Waals surface area contributed by atoms with E-state index in [0.29, 0.717) is 16.3 Å². The minimum Gasteiger partial charge on any atom is -0.496 e. The van der Waals surface area contributed by atoms with E-state index in [0.717, 1.165) is 4.90 Å². The Balaban J connectivity index is 2.17. The fraction of sp³-hybridized carbons (Fsp3) is 0.450. The van der Waals surface area contributed by atoms with Crippen LogP contribution in [0.1, 0.15) is 18.9 Å². The topological polar surface area (TPSA) is 154 Å². The molecule has 32 heavy (non-hydrogen) atoms. The van der Waals surface area contributed by atoms with E-state index in [1.54, 1.807) is 25.1 Å². The number of carbonyl (C=O) groups is 5. The van der Waals surface area contributed by atoms with Crippen LogP contribution in [-0.2, 0) is 25.6 Å². The first-order chi connectivity index (χ1) is 15.2. The number of rotatable bonds is 8. The molecule has 0 bridgehead atoms. The molecular weight excluding hydrogens is 444 g/mol. The van der Waals surface area contributed by atoms with Gasteiger partial charge in [-0.05, 0) is 36.6 Å². The number of aliphatic carboxylic acids is 1. The van der Waals surface area contributed by atoms with Crippen molar-refractivity contribution in [1.82, 2.24) is 20.9 Å². The summed E-state index contributed by atoms with van der Waals surface area (Å²) >= 11 is 6.05. The number of carboxylic acids is 1. The molecule has 1 heterocycles. The summed E-state index contributed by atoms with van der Waals surface area (Å²) < 4.78 is 5.30. The Morgan fingerprint density at radius 2 is 2.06 bits per heavy atom. The van der Waals surface area contributed by atoms with Crippen molar-refractivity contribution in [2.45, 2.75) is 25.8 Å². The molecule has 1 fully saturated rings. The number of halogens is 1. The van der Waals surface area contributed by atoms with Crippen molar-refractivity contribution >= 4 is 41.3 Å². The van der Waals surface area contributed by atoms with Gasteiger partial charge in [-0.15, -0.1) is 0 Å². The lowest BCUT2D eigenvalue weighted by Gasteiger charge is -2.25. The smallest absolute Gasteiger partial charge is 0.325 e. The van der Waals surface area contributed by atoms with Gasteiger partial charge in [0.25, 0.3) is 0 Å². The lowest BCUT2D eigenvalue weighted by Crippen LogP contribution is -2.54. The van der Waals surface area contributed by atoms with Gasteiger partial charge in [0.05, 0.1) is 13.0 Å². The van der Waals surface area contributed by atoms with Crippen LogP contribution in [0.15, 0.2) is 18.2 Å². The minimum absolute atomic E-state index is 0.00736. The number of ether oxygens (including phenoxy) is 1. The zero-order chi connectivity index (χ0) is 23.8. The fourth-order valence-electron chi connectivity index (χ4n) is 3.19.